The molecule has 0 radical (unpaired) electrons. The Morgan fingerprint density at radius 1 is 1.60 bits per heavy atom. The highest BCUT2D eigenvalue weighted by Gasteiger charge is 2.19. The lowest BCUT2D eigenvalue weighted by atomic mass is 10.4. The van der Waals surface area contributed by atoms with Crippen LogP contribution in [0.15, 0.2) is 12.8 Å². The number of ether oxygens (including phenoxy) is 1. The molecule has 0 heterocycles. The molecule has 0 aromatic rings. The Hall–Kier alpha value is -0.500. The Morgan fingerprint density at radius 2 is 2.40 bits per heavy atom. The Balaban J connectivity index is 1.72. The molecular formula is C8H15NO. The van der Waals surface area contributed by atoms with E-state index in [0.29, 0.717) is 0 Å². The lowest BCUT2D eigenvalue weighted by Crippen LogP contribution is -2.18. The third-order valence-electron chi connectivity index (χ3n) is 1.57. The van der Waals surface area contributed by atoms with Crippen LogP contribution in [0.3, 0.4) is 0 Å². The highest BCUT2D eigenvalue weighted by Crippen LogP contribution is 2.18. The molecule has 1 N–H and O–H groups in total. The molecule has 0 amide bonds. The van der Waals surface area contributed by atoms with Gasteiger partial charge in [0.2, 0.25) is 0 Å². The molecule has 0 spiro atoms. The third kappa shape index (κ3) is 3.51. The van der Waals surface area contributed by atoms with Gasteiger partial charge in [-0.15, -0.1) is 0 Å². The van der Waals surface area contributed by atoms with Gasteiger partial charge in [-0.1, -0.05) is 6.58 Å². The lowest BCUT2D eigenvalue weighted by Gasteiger charge is -2.01. The second-order valence-electron chi connectivity index (χ2n) is 2.62. The predicted molar refractivity (Wildman–Crippen MR) is 41.8 cm³/mol. The van der Waals surface area contributed by atoms with Crippen molar-refractivity contribution in [2.45, 2.75) is 25.3 Å². The van der Waals surface area contributed by atoms with Crippen LogP contribution in [0.1, 0.15) is 19.3 Å². The molecule has 0 aromatic carbocycles. The first-order chi connectivity index (χ1) is 4.93. The van der Waals surface area contributed by atoms with Crippen LogP contribution in [0.5, 0.6) is 0 Å². The van der Waals surface area contributed by atoms with Crippen LogP contribution in [-0.4, -0.2) is 19.2 Å². The van der Waals surface area contributed by atoms with Crippen molar-refractivity contribution in [1.82, 2.24) is 5.32 Å². The molecular weight excluding hydrogens is 126 g/mol. The summed E-state index contributed by atoms with van der Waals surface area (Å²) in [5.74, 6) is 0. The number of hydrogen-bond donors (Lipinski definition) is 1. The summed E-state index contributed by atoms with van der Waals surface area (Å²) in [5, 5.41) is 3.40. The lowest BCUT2D eigenvalue weighted by molar-refractivity contribution is 0.244. The van der Waals surface area contributed by atoms with Gasteiger partial charge in [0.05, 0.1) is 12.9 Å². The summed E-state index contributed by atoms with van der Waals surface area (Å²) >= 11 is 0. The fraction of sp³-hybridized carbons (Fsp3) is 0.750. The normalized spacial score (nSPS) is 16.8. The molecule has 0 aliphatic heterocycles. The van der Waals surface area contributed by atoms with Crippen molar-refractivity contribution in [3.8, 4) is 0 Å². The van der Waals surface area contributed by atoms with Crippen LogP contribution in [0.4, 0.5) is 0 Å². The largest absolute Gasteiger partial charge is 0.502 e. The van der Waals surface area contributed by atoms with Gasteiger partial charge in [0, 0.05) is 6.04 Å². The highest BCUT2D eigenvalue weighted by molar-refractivity contribution is 4.80. The highest BCUT2D eigenvalue weighted by atomic mass is 16.5. The van der Waals surface area contributed by atoms with Gasteiger partial charge in [0.15, 0.2) is 0 Å². The molecule has 0 bridgehead atoms. The van der Waals surface area contributed by atoms with Crippen LogP contribution in [0, 0.1) is 0 Å². The van der Waals surface area contributed by atoms with E-state index in [0.717, 1.165) is 25.6 Å². The zero-order chi connectivity index (χ0) is 7.23. The van der Waals surface area contributed by atoms with Crippen molar-refractivity contribution < 1.29 is 4.74 Å². The topological polar surface area (TPSA) is 21.3 Å². The molecule has 1 fully saturated rings. The molecule has 1 rings (SSSR count). The molecule has 1 aliphatic rings. The first-order valence-corrected chi connectivity index (χ1v) is 3.89. The maximum absolute atomic E-state index is 4.96. The number of rotatable bonds is 6. The van der Waals surface area contributed by atoms with Crippen molar-refractivity contribution >= 4 is 0 Å². The van der Waals surface area contributed by atoms with Crippen molar-refractivity contribution in [3.63, 3.8) is 0 Å². The summed E-state index contributed by atoms with van der Waals surface area (Å²) in [6, 6.07) is 0.823. The minimum absolute atomic E-state index is 0.795. The van der Waals surface area contributed by atoms with Gasteiger partial charge in [0.1, 0.15) is 0 Å². The van der Waals surface area contributed by atoms with Gasteiger partial charge in [-0.2, -0.15) is 0 Å². The summed E-state index contributed by atoms with van der Waals surface area (Å²) in [4.78, 5) is 0. The van der Waals surface area contributed by atoms with Crippen molar-refractivity contribution in [3.05, 3.63) is 12.8 Å². The fourth-order valence-corrected chi connectivity index (χ4v) is 0.832. The zero-order valence-electron chi connectivity index (χ0n) is 6.31. The summed E-state index contributed by atoms with van der Waals surface area (Å²) in [5.41, 5.74) is 0. The van der Waals surface area contributed by atoms with Crippen LogP contribution < -0.4 is 5.32 Å². The Bertz CT molecular complexity index is 99.4. The number of nitrogens with one attached hydrogen (secondary N) is 1. The average molecular weight is 141 g/mol. The van der Waals surface area contributed by atoms with Crippen LogP contribution >= 0.6 is 0 Å². The minimum Gasteiger partial charge on any atom is -0.502 e. The van der Waals surface area contributed by atoms with E-state index >= 15 is 0 Å². The van der Waals surface area contributed by atoms with Gasteiger partial charge < -0.3 is 10.1 Å². The molecule has 1 saturated carbocycles. The monoisotopic (exact) mass is 141 g/mol. The summed E-state index contributed by atoms with van der Waals surface area (Å²) in [6.07, 6.45) is 5.31. The average Bonchev–Trinajstić information content (AvgIpc) is 2.71. The van der Waals surface area contributed by atoms with Gasteiger partial charge >= 0.3 is 0 Å². The molecule has 2 nitrogen and oxygen atoms in total. The smallest absolute Gasteiger partial charge is 0.0885 e. The summed E-state index contributed by atoms with van der Waals surface area (Å²) < 4.78 is 4.96. The van der Waals surface area contributed by atoms with Crippen molar-refractivity contribution in [2.24, 2.45) is 0 Å². The van der Waals surface area contributed by atoms with E-state index in [1.807, 2.05) is 0 Å². The summed E-state index contributed by atoms with van der Waals surface area (Å²) in [6.45, 7) is 5.34. The van der Waals surface area contributed by atoms with E-state index in [-0.39, 0.29) is 0 Å². The van der Waals surface area contributed by atoms with E-state index < -0.39 is 0 Å². The molecule has 0 saturated heterocycles. The Kier molecular flexibility index (Phi) is 3.30. The molecule has 0 atom stereocenters. The van der Waals surface area contributed by atoms with Gasteiger partial charge in [-0.25, -0.2) is 0 Å². The second-order valence-corrected chi connectivity index (χ2v) is 2.62. The van der Waals surface area contributed by atoms with Gasteiger partial charge in [0.25, 0.3) is 0 Å². The molecule has 0 unspecified atom stereocenters. The van der Waals surface area contributed by atoms with E-state index in [1.54, 1.807) is 0 Å². The van der Waals surface area contributed by atoms with E-state index in [9.17, 15) is 0 Å². The maximum atomic E-state index is 4.96. The van der Waals surface area contributed by atoms with Crippen molar-refractivity contribution in [2.75, 3.05) is 13.2 Å². The van der Waals surface area contributed by atoms with Crippen LogP contribution in [-0.2, 0) is 4.74 Å². The van der Waals surface area contributed by atoms with E-state index in [2.05, 4.69) is 11.9 Å². The molecule has 0 aromatic heterocycles. The van der Waals surface area contributed by atoms with Gasteiger partial charge in [-0.05, 0) is 25.8 Å². The molecule has 58 valence electrons. The first kappa shape index (κ1) is 7.61. The van der Waals surface area contributed by atoms with E-state index in [1.165, 1.54) is 19.1 Å². The Labute approximate surface area is 62.3 Å². The quantitative estimate of drug-likeness (QED) is 0.444. The SMILES string of the molecule is C=COCCCNC1CC1. The number of hydrogen-bond acceptors (Lipinski definition) is 2. The minimum atomic E-state index is 0.795. The van der Waals surface area contributed by atoms with Gasteiger partial charge in [-0.3, -0.25) is 0 Å². The summed E-state index contributed by atoms with van der Waals surface area (Å²) in [7, 11) is 0. The standard InChI is InChI=1S/C8H15NO/c1-2-10-7-3-6-9-8-4-5-8/h2,8-9H,1,3-7H2. The first-order valence-electron chi connectivity index (χ1n) is 3.89. The molecule has 2 heteroatoms. The van der Waals surface area contributed by atoms with Crippen molar-refractivity contribution in [1.29, 1.82) is 0 Å². The van der Waals surface area contributed by atoms with Crippen LogP contribution in [0.2, 0.25) is 0 Å². The Morgan fingerprint density at radius 3 is 3.00 bits per heavy atom. The third-order valence-corrected chi connectivity index (χ3v) is 1.57. The van der Waals surface area contributed by atoms with E-state index in [4.69, 9.17) is 4.74 Å². The van der Waals surface area contributed by atoms with Crippen LogP contribution in [0.25, 0.3) is 0 Å². The molecule has 10 heavy (non-hydrogen) atoms. The zero-order valence-corrected chi connectivity index (χ0v) is 6.31. The maximum Gasteiger partial charge on any atom is 0.0885 e. The predicted octanol–water partition coefficient (Wildman–Crippen LogP) is 1.29. The fourth-order valence-electron chi connectivity index (χ4n) is 0.832. The molecule has 1 aliphatic carbocycles. The second kappa shape index (κ2) is 4.34.